The molecule has 0 bridgehead atoms. The van der Waals surface area contributed by atoms with Crippen LogP contribution in [0.5, 0.6) is 5.75 Å². The number of nitrogens with one attached hydrogen (secondary N) is 2. The van der Waals surface area contributed by atoms with E-state index in [4.69, 9.17) is 4.74 Å². The molecule has 0 saturated carbocycles. The predicted molar refractivity (Wildman–Crippen MR) is 85.8 cm³/mol. The third-order valence-corrected chi connectivity index (χ3v) is 3.22. The molecular formula is C17H19FN2O3. The molecule has 0 heterocycles. The highest BCUT2D eigenvalue weighted by Gasteiger charge is 2.08. The minimum absolute atomic E-state index is 0.0937. The summed E-state index contributed by atoms with van der Waals surface area (Å²) in [5.41, 5.74) is 1.90. The van der Waals surface area contributed by atoms with E-state index in [0.29, 0.717) is 12.3 Å². The van der Waals surface area contributed by atoms with Crippen molar-refractivity contribution < 1.29 is 19.0 Å². The third-order valence-electron chi connectivity index (χ3n) is 3.22. The summed E-state index contributed by atoms with van der Waals surface area (Å²) in [5.74, 6) is -0.384. The van der Waals surface area contributed by atoms with Crippen LogP contribution in [0.25, 0.3) is 0 Å². The zero-order valence-electron chi connectivity index (χ0n) is 12.8. The van der Waals surface area contributed by atoms with E-state index in [1.54, 1.807) is 19.1 Å². The van der Waals surface area contributed by atoms with Crippen molar-refractivity contribution in [1.82, 2.24) is 5.32 Å². The highest BCUT2D eigenvalue weighted by Crippen LogP contribution is 2.21. The summed E-state index contributed by atoms with van der Waals surface area (Å²) in [7, 11) is 0. The Hall–Kier alpha value is -2.60. The summed E-state index contributed by atoms with van der Waals surface area (Å²) in [4.78, 5) is 11.9. The number of anilines is 1. The number of hydrogen-bond acceptors (Lipinski definition) is 3. The van der Waals surface area contributed by atoms with E-state index in [-0.39, 0.29) is 18.9 Å². The molecule has 0 aliphatic heterocycles. The van der Waals surface area contributed by atoms with Crippen LogP contribution in [-0.2, 0) is 13.2 Å². The lowest BCUT2D eigenvalue weighted by molar-refractivity contribution is 0.251. The number of benzene rings is 2. The Kier molecular flexibility index (Phi) is 5.94. The van der Waals surface area contributed by atoms with Gasteiger partial charge in [-0.3, -0.25) is 0 Å². The van der Waals surface area contributed by atoms with E-state index >= 15 is 0 Å². The van der Waals surface area contributed by atoms with Crippen LogP contribution in [0.15, 0.2) is 42.5 Å². The van der Waals surface area contributed by atoms with Crippen LogP contribution in [0.1, 0.15) is 18.1 Å². The van der Waals surface area contributed by atoms with Crippen molar-refractivity contribution in [3.8, 4) is 5.75 Å². The smallest absolute Gasteiger partial charge is 0.319 e. The molecule has 0 saturated heterocycles. The zero-order valence-corrected chi connectivity index (χ0v) is 12.8. The molecule has 6 heteroatoms. The lowest BCUT2D eigenvalue weighted by atomic mass is 10.1. The van der Waals surface area contributed by atoms with E-state index in [0.717, 1.165) is 11.1 Å². The quantitative estimate of drug-likeness (QED) is 0.766. The van der Waals surface area contributed by atoms with Crippen LogP contribution in [0, 0.1) is 5.82 Å². The van der Waals surface area contributed by atoms with Gasteiger partial charge in [0, 0.05) is 18.3 Å². The molecule has 0 aliphatic rings. The standard InChI is InChI=1S/C17H19FN2O3/c1-2-23-16-8-7-14(9-15(16)18)20-17(22)19-10-12-5-3-4-6-13(12)11-21/h3-9,21H,2,10-11H2,1H3,(H2,19,20,22). The van der Waals surface area contributed by atoms with E-state index in [2.05, 4.69) is 10.6 Å². The third kappa shape index (κ3) is 4.69. The maximum atomic E-state index is 13.7. The molecule has 3 N–H and O–H groups in total. The zero-order chi connectivity index (χ0) is 16.7. The fraction of sp³-hybridized carbons (Fsp3) is 0.235. The van der Waals surface area contributed by atoms with Gasteiger partial charge >= 0.3 is 6.03 Å². The van der Waals surface area contributed by atoms with Crippen molar-refractivity contribution in [3.05, 3.63) is 59.4 Å². The van der Waals surface area contributed by atoms with Crippen LogP contribution >= 0.6 is 0 Å². The number of aliphatic hydroxyl groups excluding tert-OH is 1. The molecule has 0 atom stereocenters. The van der Waals surface area contributed by atoms with Gasteiger partial charge in [0.2, 0.25) is 0 Å². The highest BCUT2D eigenvalue weighted by molar-refractivity contribution is 5.89. The van der Waals surface area contributed by atoms with Crippen LogP contribution in [-0.4, -0.2) is 17.7 Å². The lowest BCUT2D eigenvalue weighted by Gasteiger charge is -2.11. The first kappa shape index (κ1) is 16.8. The van der Waals surface area contributed by atoms with Gasteiger partial charge in [0.05, 0.1) is 13.2 Å². The Morgan fingerprint density at radius 2 is 1.96 bits per heavy atom. The fourth-order valence-electron chi connectivity index (χ4n) is 2.09. The van der Waals surface area contributed by atoms with Gasteiger partial charge < -0.3 is 20.5 Å². The summed E-state index contributed by atoms with van der Waals surface area (Å²) in [6.45, 7) is 2.31. The van der Waals surface area contributed by atoms with Crippen LogP contribution in [0.4, 0.5) is 14.9 Å². The van der Waals surface area contributed by atoms with E-state index in [1.165, 1.54) is 12.1 Å². The lowest BCUT2D eigenvalue weighted by Crippen LogP contribution is -2.28. The van der Waals surface area contributed by atoms with Gasteiger partial charge in [0.1, 0.15) is 0 Å². The average Bonchev–Trinajstić information content (AvgIpc) is 2.56. The normalized spacial score (nSPS) is 10.2. The Labute approximate surface area is 134 Å². The number of carbonyl (C=O) groups is 1. The van der Waals surface area contributed by atoms with Crippen LogP contribution in [0.2, 0.25) is 0 Å². The summed E-state index contributed by atoms with van der Waals surface area (Å²) in [6.07, 6.45) is 0. The molecule has 5 nitrogen and oxygen atoms in total. The SMILES string of the molecule is CCOc1ccc(NC(=O)NCc2ccccc2CO)cc1F. The molecule has 0 aliphatic carbocycles. The molecule has 122 valence electrons. The molecule has 0 fully saturated rings. The molecule has 0 aromatic heterocycles. The summed E-state index contributed by atoms with van der Waals surface area (Å²) >= 11 is 0. The molecule has 0 spiro atoms. The van der Waals surface area contributed by atoms with Crippen LogP contribution in [0.3, 0.4) is 0 Å². The van der Waals surface area contributed by atoms with E-state index < -0.39 is 11.8 Å². The van der Waals surface area contributed by atoms with Crippen molar-refractivity contribution in [1.29, 1.82) is 0 Å². The van der Waals surface area contributed by atoms with Crippen LogP contribution < -0.4 is 15.4 Å². The highest BCUT2D eigenvalue weighted by atomic mass is 19.1. The van der Waals surface area contributed by atoms with Gasteiger partial charge in [-0.05, 0) is 30.2 Å². The first-order valence-electron chi connectivity index (χ1n) is 7.29. The van der Waals surface area contributed by atoms with Crippen molar-refractivity contribution >= 4 is 11.7 Å². The van der Waals surface area contributed by atoms with Crippen molar-refractivity contribution in [2.45, 2.75) is 20.1 Å². The fourth-order valence-corrected chi connectivity index (χ4v) is 2.09. The Morgan fingerprint density at radius 3 is 2.61 bits per heavy atom. The number of amides is 2. The average molecular weight is 318 g/mol. The summed E-state index contributed by atoms with van der Waals surface area (Å²) < 4.78 is 18.8. The second-order valence-electron chi connectivity index (χ2n) is 4.81. The minimum Gasteiger partial charge on any atom is -0.491 e. The predicted octanol–water partition coefficient (Wildman–Crippen LogP) is 3.04. The summed E-state index contributed by atoms with van der Waals surface area (Å²) in [6, 6.07) is 11.0. The Balaban J connectivity index is 1.93. The molecule has 23 heavy (non-hydrogen) atoms. The molecule has 0 radical (unpaired) electrons. The molecule has 2 amide bonds. The van der Waals surface area contributed by atoms with Gasteiger partial charge in [-0.2, -0.15) is 0 Å². The maximum Gasteiger partial charge on any atom is 0.319 e. The monoisotopic (exact) mass is 318 g/mol. The van der Waals surface area contributed by atoms with Gasteiger partial charge in [0.25, 0.3) is 0 Å². The number of halogens is 1. The summed E-state index contributed by atoms with van der Waals surface area (Å²) in [5, 5.41) is 14.5. The number of carbonyl (C=O) groups excluding carboxylic acids is 1. The van der Waals surface area contributed by atoms with Gasteiger partial charge in [-0.25, -0.2) is 9.18 Å². The molecule has 2 aromatic carbocycles. The maximum absolute atomic E-state index is 13.7. The minimum atomic E-state index is -0.532. The van der Waals surface area contributed by atoms with E-state index in [1.807, 2.05) is 18.2 Å². The molecule has 0 unspecified atom stereocenters. The second-order valence-corrected chi connectivity index (χ2v) is 4.81. The first-order valence-corrected chi connectivity index (χ1v) is 7.29. The van der Waals surface area contributed by atoms with Gasteiger partial charge in [0.15, 0.2) is 11.6 Å². The number of ether oxygens (including phenoxy) is 1. The number of aliphatic hydroxyl groups is 1. The van der Waals surface area contributed by atoms with Gasteiger partial charge in [-0.1, -0.05) is 24.3 Å². The molecule has 2 rings (SSSR count). The molecule has 2 aromatic rings. The number of rotatable bonds is 6. The van der Waals surface area contributed by atoms with Crippen molar-refractivity contribution in [2.24, 2.45) is 0 Å². The topological polar surface area (TPSA) is 70.6 Å². The Bertz CT molecular complexity index is 677. The first-order chi connectivity index (χ1) is 11.1. The largest absolute Gasteiger partial charge is 0.491 e. The second kappa shape index (κ2) is 8.14. The van der Waals surface area contributed by atoms with Crippen molar-refractivity contribution in [2.75, 3.05) is 11.9 Å². The van der Waals surface area contributed by atoms with Crippen molar-refractivity contribution in [3.63, 3.8) is 0 Å². The number of hydrogen-bond donors (Lipinski definition) is 3. The van der Waals surface area contributed by atoms with E-state index in [9.17, 15) is 14.3 Å². The Morgan fingerprint density at radius 1 is 1.22 bits per heavy atom. The van der Waals surface area contributed by atoms with Gasteiger partial charge in [-0.15, -0.1) is 0 Å². The molecular weight excluding hydrogens is 299 g/mol. The number of urea groups is 1.